The number of methoxy groups -OCH3 is 1. The lowest BCUT2D eigenvalue weighted by atomic mass is 9.98. The number of ether oxygens (including phenoxy) is 1. The van der Waals surface area contributed by atoms with Crippen LogP contribution >= 0.6 is 0 Å². The fraction of sp³-hybridized carbons (Fsp3) is 0.391. The summed E-state index contributed by atoms with van der Waals surface area (Å²) in [5.41, 5.74) is -0.833. The summed E-state index contributed by atoms with van der Waals surface area (Å²) in [6.45, 7) is 5.31. The maximum absolute atomic E-state index is 13.8. The Balaban J connectivity index is 1.91. The standard InChI is InChI=1S/C23H22F3N5O2/c1-12-15(10-27)6-5-7-16(12)13(2)28-20-17-11-31(22(8-9-22)23(24,25)26)21(32)19(33-4)18(17)29-14(3)30-20/h5-7,11,13H,8-9H2,1-4H3,(H,28,29,30)/t13-/m1/s1. The maximum atomic E-state index is 13.8. The number of nitriles is 1. The zero-order chi connectivity index (χ0) is 24.1. The van der Waals surface area contributed by atoms with E-state index in [0.717, 1.165) is 11.1 Å². The Morgan fingerprint density at radius 1 is 1.27 bits per heavy atom. The lowest BCUT2D eigenvalue weighted by molar-refractivity contribution is -0.180. The van der Waals surface area contributed by atoms with E-state index < -0.39 is 17.3 Å². The topological polar surface area (TPSA) is 92.8 Å². The second-order valence-electron chi connectivity index (χ2n) is 8.25. The van der Waals surface area contributed by atoms with Crippen molar-refractivity contribution in [1.82, 2.24) is 14.5 Å². The SMILES string of the molecule is COc1c(=O)n(C2(C(F)(F)F)CC2)cc2c(N[C@H](C)c3cccc(C#N)c3C)nc(C)nc12. The summed E-state index contributed by atoms with van der Waals surface area (Å²) in [7, 11) is 1.23. The first kappa shape index (κ1) is 22.6. The maximum Gasteiger partial charge on any atom is 0.412 e. The summed E-state index contributed by atoms with van der Waals surface area (Å²) in [5.74, 6) is 0.343. The largest absolute Gasteiger partial charge is 0.490 e. The predicted octanol–water partition coefficient (Wildman–Crippen LogP) is 4.51. The molecule has 0 unspecified atom stereocenters. The van der Waals surface area contributed by atoms with Gasteiger partial charge in [-0.05, 0) is 50.8 Å². The lowest BCUT2D eigenvalue weighted by Gasteiger charge is -2.24. The first-order valence-corrected chi connectivity index (χ1v) is 10.4. The van der Waals surface area contributed by atoms with E-state index in [1.54, 1.807) is 19.1 Å². The van der Waals surface area contributed by atoms with Crippen molar-refractivity contribution in [2.24, 2.45) is 0 Å². The number of pyridine rings is 1. The molecule has 1 atom stereocenters. The first-order valence-electron chi connectivity index (χ1n) is 10.4. The van der Waals surface area contributed by atoms with Gasteiger partial charge in [-0.1, -0.05) is 12.1 Å². The highest BCUT2D eigenvalue weighted by molar-refractivity contribution is 5.92. The number of benzene rings is 1. The Hall–Kier alpha value is -3.61. The molecule has 4 rings (SSSR count). The lowest BCUT2D eigenvalue weighted by Crippen LogP contribution is -2.41. The van der Waals surface area contributed by atoms with Gasteiger partial charge in [-0.25, -0.2) is 9.97 Å². The van der Waals surface area contributed by atoms with Gasteiger partial charge in [0.25, 0.3) is 5.56 Å². The van der Waals surface area contributed by atoms with Crippen LogP contribution in [0.4, 0.5) is 19.0 Å². The van der Waals surface area contributed by atoms with Gasteiger partial charge in [-0.3, -0.25) is 9.36 Å². The molecule has 0 radical (unpaired) electrons. The van der Waals surface area contributed by atoms with Crippen molar-refractivity contribution in [3.05, 3.63) is 57.3 Å². The summed E-state index contributed by atoms with van der Waals surface area (Å²) in [6, 6.07) is 7.16. The molecule has 7 nitrogen and oxygen atoms in total. The number of halogens is 3. The second-order valence-corrected chi connectivity index (χ2v) is 8.25. The Labute approximate surface area is 187 Å². The summed E-state index contributed by atoms with van der Waals surface area (Å²) in [4.78, 5) is 21.7. The smallest absolute Gasteiger partial charge is 0.412 e. The van der Waals surface area contributed by atoms with Gasteiger partial charge < -0.3 is 10.1 Å². The van der Waals surface area contributed by atoms with Crippen molar-refractivity contribution in [1.29, 1.82) is 5.26 Å². The molecule has 0 aliphatic heterocycles. The third-order valence-corrected chi connectivity index (χ3v) is 6.18. The Morgan fingerprint density at radius 3 is 2.55 bits per heavy atom. The zero-order valence-corrected chi connectivity index (χ0v) is 18.5. The van der Waals surface area contributed by atoms with Crippen LogP contribution in [0.1, 0.15) is 48.3 Å². The second kappa shape index (κ2) is 7.76. The van der Waals surface area contributed by atoms with E-state index in [2.05, 4.69) is 21.4 Å². The first-order chi connectivity index (χ1) is 15.5. The molecule has 1 aliphatic rings. The Kier molecular flexibility index (Phi) is 5.31. The van der Waals surface area contributed by atoms with E-state index in [4.69, 9.17) is 4.74 Å². The molecule has 3 aromatic rings. The van der Waals surface area contributed by atoms with Crippen LogP contribution in [-0.4, -0.2) is 27.8 Å². The summed E-state index contributed by atoms with van der Waals surface area (Å²) < 4.78 is 47.4. The fourth-order valence-electron chi connectivity index (χ4n) is 4.19. The highest BCUT2D eigenvalue weighted by atomic mass is 19.4. The third kappa shape index (κ3) is 3.57. The number of alkyl halides is 3. The van der Waals surface area contributed by atoms with Gasteiger partial charge >= 0.3 is 6.18 Å². The van der Waals surface area contributed by atoms with Gasteiger partial charge in [0.1, 0.15) is 22.7 Å². The number of hydrogen-bond donors (Lipinski definition) is 1. The summed E-state index contributed by atoms with van der Waals surface area (Å²) in [6.07, 6.45) is -3.78. The molecular weight excluding hydrogens is 435 g/mol. The van der Waals surface area contributed by atoms with Crippen molar-refractivity contribution in [2.45, 2.75) is 51.4 Å². The molecule has 0 saturated heterocycles. The van der Waals surface area contributed by atoms with Crippen LogP contribution in [0.25, 0.3) is 10.9 Å². The van der Waals surface area contributed by atoms with Crippen LogP contribution in [-0.2, 0) is 5.54 Å². The van der Waals surface area contributed by atoms with Gasteiger partial charge in [-0.15, -0.1) is 0 Å². The average Bonchev–Trinajstić information content (AvgIpc) is 3.55. The van der Waals surface area contributed by atoms with Crippen LogP contribution in [0.15, 0.2) is 29.2 Å². The van der Waals surface area contributed by atoms with E-state index in [0.29, 0.717) is 16.0 Å². The van der Waals surface area contributed by atoms with Crippen molar-refractivity contribution < 1.29 is 17.9 Å². The molecule has 1 N–H and O–H groups in total. The highest BCUT2D eigenvalue weighted by Crippen LogP contribution is 2.55. The van der Waals surface area contributed by atoms with Crippen molar-refractivity contribution >= 4 is 16.7 Å². The van der Waals surface area contributed by atoms with Crippen LogP contribution in [0, 0.1) is 25.2 Å². The molecule has 0 spiro atoms. The number of anilines is 1. The molecule has 10 heteroatoms. The normalized spacial score (nSPS) is 15.7. The van der Waals surface area contributed by atoms with Crippen LogP contribution in [0.3, 0.4) is 0 Å². The molecular formula is C23H22F3N5O2. The number of nitrogens with zero attached hydrogens (tertiary/aromatic N) is 4. The predicted molar refractivity (Wildman–Crippen MR) is 116 cm³/mol. The molecule has 2 heterocycles. The van der Waals surface area contributed by atoms with Crippen LogP contribution < -0.4 is 15.6 Å². The quantitative estimate of drug-likeness (QED) is 0.606. The third-order valence-electron chi connectivity index (χ3n) is 6.18. The number of hydrogen-bond acceptors (Lipinski definition) is 6. The molecule has 172 valence electrons. The summed E-state index contributed by atoms with van der Waals surface area (Å²) >= 11 is 0. The van der Waals surface area contributed by atoms with E-state index in [1.807, 2.05) is 19.9 Å². The number of aryl methyl sites for hydroxylation is 1. The average molecular weight is 457 g/mol. The van der Waals surface area contributed by atoms with E-state index in [-0.39, 0.29) is 41.4 Å². The Bertz CT molecular complexity index is 1350. The number of aromatic nitrogens is 3. The molecule has 0 amide bonds. The minimum atomic E-state index is -4.59. The minimum Gasteiger partial charge on any atom is -0.490 e. The summed E-state index contributed by atoms with van der Waals surface area (Å²) in [5, 5.41) is 12.8. The van der Waals surface area contributed by atoms with Crippen LogP contribution in [0.2, 0.25) is 0 Å². The van der Waals surface area contributed by atoms with Gasteiger partial charge in [-0.2, -0.15) is 18.4 Å². The zero-order valence-electron chi connectivity index (χ0n) is 18.5. The fourth-order valence-corrected chi connectivity index (χ4v) is 4.19. The molecule has 1 fully saturated rings. The molecule has 0 bridgehead atoms. The van der Waals surface area contributed by atoms with Gasteiger partial charge in [0.05, 0.1) is 30.2 Å². The minimum absolute atomic E-state index is 0.140. The van der Waals surface area contributed by atoms with E-state index >= 15 is 0 Å². The van der Waals surface area contributed by atoms with Gasteiger partial charge in [0.2, 0.25) is 5.75 Å². The monoisotopic (exact) mass is 457 g/mol. The molecule has 2 aromatic heterocycles. The molecule has 1 saturated carbocycles. The van der Waals surface area contributed by atoms with Crippen LogP contribution in [0.5, 0.6) is 5.75 Å². The van der Waals surface area contributed by atoms with Gasteiger partial charge in [0.15, 0.2) is 0 Å². The van der Waals surface area contributed by atoms with Crippen molar-refractivity contribution in [3.63, 3.8) is 0 Å². The molecule has 1 aliphatic carbocycles. The molecule has 1 aromatic carbocycles. The number of rotatable bonds is 5. The van der Waals surface area contributed by atoms with Crippen molar-refractivity contribution in [3.8, 4) is 11.8 Å². The van der Waals surface area contributed by atoms with E-state index in [9.17, 15) is 23.2 Å². The molecule has 33 heavy (non-hydrogen) atoms. The number of nitrogens with one attached hydrogen (secondary N) is 1. The van der Waals surface area contributed by atoms with E-state index in [1.165, 1.54) is 13.3 Å². The Morgan fingerprint density at radius 2 is 1.97 bits per heavy atom. The number of fused-ring (bicyclic) bond motifs is 1. The highest BCUT2D eigenvalue weighted by Gasteiger charge is 2.65. The van der Waals surface area contributed by atoms with Crippen molar-refractivity contribution in [2.75, 3.05) is 12.4 Å². The van der Waals surface area contributed by atoms with Gasteiger partial charge in [0, 0.05) is 6.20 Å².